The largest absolute Gasteiger partial charge is 0.393 e. The van der Waals surface area contributed by atoms with Gasteiger partial charge in [-0.2, -0.15) is 0 Å². The van der Waals surface area contributed by atoms with Crippen LogP contribution in [-0.2, 0) is 0 Å². The maximum Gasteiger partial charge on any atom is 0.0811 e. The molecular weight excluding hydrogens is 408 g/mol. The van der Waals surface area contributed by atoms with E-state index < -0.39 is 17.8 Å². The van der Waals surface area contributed by atoms with Crippen molar-refractivity contribution in [1.29, 1.82) is 0 Å². The van der Waals surface area contributed by atoms with Crippen molar-refractivity contribution >= 4 is 0 Å². The summed E-state index contributed by atoms with van der Waals surface area (Å²) in [6, 6.07) is 0. The zero-order valence-corrected chi connectivity index (χ0v) is 21.1. The first-order valence-electron chi connectivity index (χ1n) is 13.5. The van der Waals surface area contributed by atoms with Crippen LogP contribution in [0.3, 0.4) is 0 Å². The average molecular weight is 455 g/mol. The summed E-state index contributed by atoms with van der Waals surface area (Å²) in [5, 5.41) is 31.2. The van der Waals surface area contributed by atoms with Gasteiger partial charge in [-0.3, -0.25) is 0 Å². The second kappa shape index (κ2) is 9.84. The molecule has 0 radical (unpaired) electrons. The zero-order valence-electron chi connectivity index (χ0n) is 21.1. The molecular formula is C30H46O3. The van der Waals surface area contributed by atoms with E-state index in [0.29, 0.717) is 36.0 Å². The van der Waals surface area contributed by atoms with Crippen LogP contribution in [0.4, 0.5) is 0 Å². The van der Waals surface area contributed by atoms with E-state index in [1.807, 2.05) is 0 Å². The van der Waals surface area contributed by atoms with Gasteiger partial charge in [-0.25, -0.2) is 0 Å². The Hall–Kier alpha value is -1.16. The Morgan fingerprint density at radius 3 is 2.45 bits per heavy atom. The quantitative estimate of drug-likeness (QED) is 0.430. The van der Waals surface area contributed by atoms with Gasteiger partial charge in [0.1, 0.15) is 0 Å². The van der Waals surface area contributed by atoms with Gasteiger partial charge in [0.05, 0.1) is 17.8 Å². The molecule has 4 fully saturated rings. The number of hydrogen-bond donors (Lipinski definition) is 3. The van der Waals surface area contributed by atoms with Gasteiger partial charge in [-0.15, -0.1) is 0 Å². The molecule has 3 unspecified atom stereocenters. The predicted octanol–water partition coefficient (Wildman–Crippen LogP) is 6.26. The molecule has 3 heteroatoms. The van der Waals surface area contributed by atoms with Gasteiger partial charge < -0.3 is 15.3 Å². The van der Waals surface area contributed by atoms with Crippen LogP contribution < -0.4 is 0 Å². The Labute approximate surface area is 201 Å². The van der Waals surface area contributed by atoms with E-state index in [4.69, 9.17) is 0 Å². The minimum Gasteiger partial charge on any atom is -0.393 e. The first-order valence-corrected chi connectivity index (χ1v) is 13.5. The van der Waals surface area contributed by atoms with Crippen LogP contribution in [0.2, 0.25) is 0 Å². The summed E-state index contributed by atoms with van der Waals surface area (Å²) in [5.41, 5.74) is 3.16. The molecule has 4 aliphatic rings. The fraction of sp³-hybridized carbons (Fsp3) is 0.733. The molecule has 7 atom stereocenters. The van der Waals surface area contributed by atoms with Crippen molar-refractivity contribution in [2.45, 2.75) is 109 Å². The third kappa shape index (κ3) is 4.97. The summed E-state index contributed by atoms with van der Waals surface area (Å²) in [4.78, 5) is 0. The smallest absolute Gasteiger partial charge is 0.0811 e. The van der Waals surface area contributed by atoms with E-state index in [1.54, 1.807) is 5.57 Å². The number of hydrogen-bond acceptors (Lipinski definition) is 3. The van der Waals surface area contributed by atoms with E-state index in [9.17, 15) is 15.3 Å². The summed E-state index contributed by atoms with van der Waals surface area (Å²) in [5.74, 6) is 2.05. The third-order valence-corrected chi connectivity index (χ3v) is 9.96. The van der Waals surface area contributed by atoms with Crippen molar-refractivity contribution in [3.05, 3.63) is 47.6 Å². The zero-order chi connectivity index (χ0) is 23.8. The van der Waals surface area contributed by atoms with E-state index in [-0.39, 0.29) is 5.92 Å². The third-order valence-electron chi connectivity index (χ3n) is 9.96. The molecule has 0 amide bonds. The lowest BCUT2D eigenvalue weighted by Gasteiger charge is -2.44. The predicted molar refractivity (Wildman–Crippen MR) is 136 cm³/mol. The highest BCUT2D eigenvalue weighted by molar-refractivity contribution is 5.38. The minimum absolute atomic E-state index is 0.232. The van der Waals surface area contributed by atoms with Crippen molar-refractivity contribution in [2.24, 2.45) is 29.1 Å². The fourth-order valence-corrected chi connectivity index (χ4v) is 7.71. The molecule has 184 valence electrons. The van der Waals surface area contributed by atoms with E-state index >= 15 is 0 Å². The maximum absolute atomic E-state index is 10.9. The molecule has 0 aromatic heterocycles. The highest BCUT2D eigenvalue weighted by atomic mass is 16.3. The van der Waals surface area contributed by atoms with Crippen LogP contribution >= 0.6 is 0 Å². The van der Waals surface area contributed by atoms with E-state index in [1.165, 1.54) is 25.7 Å². The number of fused-ring (bicyclic) bond motifs is 1. The molecule has 0 heterocycles. The van der Waals surface area contributed by atoms with Crippen molar-refractivity contribution in [1.82, 2.24) is 0 Å². The Morgan fingerprint density at radius 1 is 1.00 bits per heavy atom. The van der Waals surface area contributed by atoms with Crippen LogP contribution in [0, 0.1) is 29.1 Å². The second-order valence-electron chi connectivity index (χ2n) is 12.0. The van der Waals surface area contributed by atoms with Gasteiger partial charge in [-0.1, -0.05) is 70.1 Å². The number of aliphatic hydroxyl groups is 3. The van der Waals surface area contributed by atoms with Crippen molar-refractivity contribution in [2.75, 3.05) is 0 Å². The summed E-state index contributed by atoms with van der Waals surface area (Å²) in [6.45, 7) is 11.2. The molecule has 0 aromatic carbocycles. The van der Waals surface area contributed by atoms with Crippen LogP contribution in [0.1, 0.15) is 91.4 Å². The first-order chi connectivity index (χ1) is 15.6. The first kappa shape index (κ1) is 24.9. The standard InChI is InChI=1S/C30H46O3/c1-20(9-10-21(2)30(33)16-5-6-17-30)26-13-14-27-23(8-7-15-29(26,27)4)11-12-24-18-25(31)19-28(32)22(24)3/h9-12,20-21,25-28,31-33H,3,5-8,13-19H2,1-2,4H3/t20-,21-,25-,26-,27?,28?,29?/m1/s1. The van der Waals surface area contributed by atoms with Crippen molar-refractivity contribution in [3.8, 4) is 0 Å². The summed E-state index contributed by atoms with van der Waals surface area (Å²) < 4.78 is 0. The molecule has 4 aliphatic carbocycles. The lowest BCUT2D eigenvalue weighted by atomic mass is 9.61. The van der Waals surface area contributed by atoms with Gasteiger partial charge in [-0.05, 0) is 85.7 Å². The van der Waals surface area contributed by atoms with Gasteiger partial charge in [0.15, 0.2) is 0 Å². The highest BCUT2D eigenvalue weighted by Crippen LogP contribution is 2.59. The van der Waals surface area contributed by atoms with Crippen molar-refractivity contribution in [3.63, 3.8) is 0 Å². The number of aliphatic hydroxyl groups excluding tert-OH is 2. The van der Waals surface area contributed by atoms with E-state index in [0.717, 1.165) is 43.3 Å². The monoisotopic (exact) mass is 454 g/mol. The average Bonchev–Trinajstić information content (AvgIpc) is 3.37. The Bertz CT molecular complexity index is 814. The molecule has 4 saturated carbocycles. The van der Waals surface area contributed by atoms with Gasteiger partial charge >= 0.3 is 0 Å². The topological polar surface area (TPSA) is 60.7 Å². The second-order valence-corrected chi connectivity index (χ2v) is 12.0. The highest BCUT2D eigenvalue weighted by Gasteiger charge is 2.50. The summed E-state index contributed by atoms with van der Waals surface area (Å²) in [6.07, 6.45) is 19.4. The number of rotatable bonds is 5. The van der Waals surface area contributed by atoms with Crippen LogP contribution in [0.25, 0.3) is 0 Å². The van der Waals surface area contributed by atoms with Gasteiger partial charge in [0.2, 0.25) is 0 Å². The van der Waals surface area contributed by atoms with E-state index in [2.05, 4.69) is 51.7 Å². The minimum atomic E-state index is -0.622. The van der Waals surface area contributed by atoms with Crippen LogP contribution in [0.5, 0.6) is 0 Å². The maximum atomic E-state index is 10.9. The lowest BCUT2D eigenvalue weighted by Crippen LogP contribution is -2.36. The normalized spacial score (nSPS) is 41.1. The molecule has 0 spiro atoms. The Morgan fingerprint density at radius 2 is 1.73 bits per heavy atom. The fourth-order valence-electron chi connectivity index (χ4n) is 7.71. The number of allylic oxidation sites excluding steroid dienone is 4. The van der Waals surface area contributed by atoms with Gasteiger partial charge in [0.25, 0.3) is 0 Å². The molecule has 4 rings (SSSR count). The van der Waals surface area contributed by atoms with Crippen molar-refractivity contribution < 1.29 is 15.3 Å². The molecule has 33 heavy (non-hydrogen) atoms. The molecule has 0 bridgehead atoms. The van der Waals surface area contributed by atoms with Crippen LogP contribution in [-0.4, -0.2) is 33.1 Å². The molecule has 3 nitrogen and oxygen atoms in total. The summed E-state index contributed by atoms with van der Waals surface area (Å²) in [7, 11) is 0. The molecule has 3 N–H and O–H groups in total. The Balaban J connectivity index is 1.47. The summed E-state index contributed by atoms with van der Waals surface area (Å²) >= 11 is 0. The van der Waals surface area contributed by atoms with Gasteiger partial charge in [0, 0.05) is 12.3 Å². The molecule has 0 aromatic rings. The Kier molecular flexibility index (Phi) is 7.44. The lowest BCUT2D eigenvalue weighted by molar-refractivity contribution is 0.0124. The SMILES string of the molecule is C=C1C(=CC=C2CCCC3(C)C2CC[C@@H]3[C@H](C)C=C[C@@H](C)C2(O)CCCC2)C[C@@H](O)CC1O. The molecule has 0 aliphatic heterocycles. The van der Waals surface area contributed by atoms with Crippen LogP contribution in [0.15, 0.2) is 47.6 Å². The molecule has 0 saturated heterocycles.